The van der Waals surface area contributed by atoms with Gasteiger partial charge in [-0.1, -0.05) is 30.3 Å². The summed E-state index contributed by atoms with van der Waals surface area (Å²) in [6.45, 7) is 0.939. The summed E-state index contributed by atoms with van der Waals surface area (Å²) in [5.41, 5.74) is 1.19. The Bertz CT molecular complexity index is 540. The molecule has 0 spiro atoms. The number of carbonyl (C=O) groups is 1. The second-order valence-corrected chi connectivity index (χ2v) is 7.63. The van der Waals surface area contributed by atoms with Crippen molar-refractivity contribution in [1.82, 2.24) is 5.32 Å². The van der Waals surface area contributed by atoms with Gasteiger partial charge in [-0.15, -0.1) is 0 Å². The van der Waals surface area contributed by atoms with Gasteiger partial charge in [0.1, 0.15) is 0 Å². The number of nitrogens with one attached hydrogen (secondary N) is 1. The van der Waals surface area contributed by atoms with E-state index in [1.807, 2.05) is 0 Å². The lowest BCUT2D eigenvalue weighted by molar-refractivity contribution is -0.171. The molecule has 1 aromatic rings. The van der Waals surface area contributed by atoms with Crippen LogP contribution in [0.5, 0.6) is 0 Å². The van der Waals surface area contributed by atoms with E-state index in [1.165, 1.54) is 18.4 Å². The maximum Gasteiger partial charge on any atom is 0.311 e. The molecule has 0 amide bonds. The third-order valence-corrected chi connectivity index (χ3v) is 6.28. The average Bonchev–Trinajstić information content (AvgIpc) is 2.54. The molecule has 0 saturated heterocycles. The molecule has 4 fully saturated rings. The summed E-state index contributed by atoms with van der Waals surface area (Å²) < 4.78 is 5.14. The largest absolute Gasteiger partial charge is 0.469 e. The Morgan fingerprint density at radius 1 is 1.18 bits per heavy atom. The van der Waals surface area contributed by atoms with Crippen LogP contribution < -0.4 is 5.32 Å². The highest BCUT2D eigenvalue weighted by atomic mass is 16.5. The van der Waals surface area contributed by atoms with Gasteiger partial charge in [0.15, 0.2) is 0 Å². The number of methoxy groups -OCH3 is 1. The van der Waals surface area contributed by atoms with E-state index in [0.29, 0.717) is 17.9 Å². The molecule has 0 aliphatic heterocycles. The van der Waals surface area contributed by atoms with Gasteiger partial charge in [0, 0.05) is 12.6 Å². The first-order valence-electron chi connectivity index (χ1n) is 8.56. The zero-order valence-electron chi connectivity index (χ0n) is 13.3. The minimum absolute atomic E-state index is 0.0495. The van der Waals surface area contributed by atoms with E-state index in [9.17, 15) is 4.79 Å². The third kappa shape index (κ3) is 2.26. The van der Waals surface area contributed by atoms with Gasteiger partial charge in [-0.05, 0) is 55.4 Å². The molecule has 4 aliphatic rings. The fourth-order valence-corrected chi connectivity index (χ4v) is 5.66. The van der Waals surface area contributed by atoms with Crippen LogP contribution in [0.25, 0.3) is 0 Å². The highest BCUT2D eigenvalue weighted by Crippen LogP contribution is 2.60. The normalized spacial score (nSPS) is 39.0. The van der Waals surface area contributed by atoms with Crippen molar-refractivity contribution in [3.8, 4) is 0 Å². The molecule has 118 valence electrons. The number of esters is 1. The molecule has 3 heteroatoms. The van der Waals surface area contributed by atoms with Crippen LogP contribution in [0.1, 0.15) is 37.7 Å². The van der Waals surface area contributed by atoms with Crippen LogP contribution in [-0.4, -0.2) is 19.1 Å². The van der Waals surface area contributed by atoms with Crippen molar-refractivity contribution in [2.24, 2.45) is 23.2 Å². The van der Waals surface area contributed by atoms with Gasteiger partial charge < -0.3 is 10.1 Å². The molecular formula is C19H25NO2. The van der Waals surface area contributed by atoms with E-state index in [2.05, 4.69) is 35.6 Å². The summed E-state index contributed by atoms with van der Waals surface area (Å²) >= 11 is 0. The molecular weight excluding hydrogens is 274 g/mol. The van der Waals surface area contributed by atoms with Crippen LogP contribution in [0.2, 0.25) is 0 Å². The van der Waals surface area contributed by atoms with Crippen molar-refractivity contribution >= 4 is 5.97 Å². The van der Waals surface area contributed by atoms with Gasteiger partial charge >= 0.3 is 5.97 Å². The van der Waals surface area contributed by atoms with Gasteiger partial charge in [0.25, 0.3) is 0 Å². The first-order chi connectivity index (χ1) is 10.7. The Morgan fingerprint density at radius 3 is 2.50 bits per heavy atom. The molecule has 4 bridgehead atoms. The molecule has 0 heterocycles. The molecule has 5 rings (SSSR count). The number of ether oxygens (including phenoxy) is 1. The van der Waals surface area contributed by atoms with Crippen LogP contribution >= 0.6 is 0 Å². The van der Waals surface area contributed by atoms with Crippen molar-refractivity contribution in [3.63, 3.8) is 0 Å². The zero-order valence-corrected chi connectivity index (χ0v) is 13.3. The smallest absolute Gasteiger partial charge is 0.311 e. The monoisotopic (exact) mass is 299 g/mol. The summed E-state index contributed by atoms with van der Waals surface area (Å²) in [5.74, 6) is 2.09. The van der Waals surface area contributed by atoms with Crippen molar-refractivity contribution in [2.45, 2.75) is 44.7 Å². The SMILES string of the molecule is COC(=O)C12C[C@@H]3C[C@H](C1)C(NCc1ccccc1)[C@@H](C3)C2. The number of hydrogen-bond donors (Lipinski definition) is 1. The predicted octanol–water partition coefficient (Wildman–Crippen LogP) is 3.14. The van der Waals surface area contributed by atoms with Crippen molar-refractivity contribution < 1.29 is 9.53 Å². The van der Waals surface area contributed by atoms with E-state index in [-0.39, 0.29) is 11.4 Å². The summed E-state index contributed by atoms with van der Waals surface area (Å²) in [5, 5.41) is 3.80. The van der Waals surface area contributed by atoms with Crippen LogP contribution in [-0.2, 0) is 16.1 Å². The maximum absolute atomic E-state index is 12.3. The lowest BCUT2D eigenvalue weighted by Gasteiger charge is -2.58. The van der Waals surface area contributed by atoms with Crippen LogP contribution in [0, 0.1) is 23.2 Å². The minimum atomic E-state index is -0.157. The van der Waals surface area contributed by atoms with Gasteiger partial charge in [-0.2, -0.15) is 0 Å². The Labute approximate surface area is 132 Å². The maximum atomic E-state index is 12.3. The molecule has 1 aromatic carbocycles. The second-order valence-electron chi connectivity index (χ2n) is 7.63. The number of hydrogen-bond acceptors (Lipinski definition) is 3. The van der Waals surface area contributed by atoms with Crippen LogP contribution in [0.3, 0.4) is 0 Å². The Kier molecular flexibility index (Phi) is 3.48. The third-order valence-electron chi connectivity index (χ3n) is 6.28. The highest BCUT2D eigenvalue weighted by molar-refractivity contribution is 5.77. The lowest BCUT2D eigenvalue weighted by Crippen LogP contribution is -2.60. The fraction of sp³-hybridized carbons (Fsp3) is 0.632. The van der Waals surface area contributed by atoms with Gasteiger partial charge in [0.05, 0.1) is 12.5 Å². The Balaban J connectivity index is 1.48. The topological polar surface area (TPSA) is 38.3 Å². The lowest BCUT2D eigenvalue weighted by atomic mass is 9.48. The molecule has 4 saturated carbocycles. The van der Waals surface area contributed by atoms with E-state index in [0.717, 1.165) is 31.7 Å². The van der Waals surface area contributed by atoms with Crippen LogP contribution in [0.15, 0.2) is 30.3 Å². The van der Waals surface area contributed by atoms with Crippen molar-refractivity contribution in [1.29, 1.82) is 0 Å². The van der Waals surface area contributed by atoms with E-state index in [1.54, 1.807) is 7.11 Å². The Hall–Kier alpha value is -1.35. The van der Waals surface area contributed by atoms with E-state index in [4.69, 9.17) is 4.74 Å². The molecule has 2 unspecified atom stereocenters. The van der Waals surface area contributed by atoms with Crippen molar-refractivity contribution in [3.05, 3.63) is 35.9 Å². The molecule has 3 nitrogen and oxygen atoms in total. The fourth-order valence-electron chi connectivity index (χ4n) is 5.66. The summed E-state index contributed by atoms with van der Waals surface area (Å²) in [4.78, 5) is 12.3. The first kappa shape index (κ1) is 14.3. The summed E-state index contributed by atoms with van der Waals surface area (Å²) in [6, 6.07) is 11.2. The average molecular weight is 299 g/mol. The number of carbonyl (C=O) groups excluding carboxylic acids is 1. The molecule has 22 heavy (non-hydrogen) atoms. The highest BCUT2D eigenvalue weighted by Gasteiger charge is 2.58. The quantitative estimate of drug-likeness (QED) is 0.868. The molecule has 0 radical (unpaired) electrons. The van der Waals surface area contributed by atoms with Gasteiger partial charge in [0.2, 0.25) is 0 Å². The molecule has 0 aromatic heterocycles. The predicted molar refractivity (Wildman–Crippen MR) is 85.1 cm³/mol. The molecule has 4 aliphatic carbocycles. The second kappa shape index (κ2) is 5.38. The van der Waals surface area contributed by atoms with Gasteiger partial charge in [-0.3, -0.25) is 4.79 Å². The number of rotatable bonds is 4. The van der Waals surface area contributed by atoms with Crippen LogP contribution in [0.4, 0.5) is 0 Å². The van der Waals surface area contributed by atoms with E-state index < -0.39 is 0 Å². The van der Waals surface area contributed by atoms with Gasteiger partial charge in [-0.25, -0.2) is 0 Å². The Morgan fingerprint density at radius 2 is 1.86 bits per heavy atom. The van der Waals surface area contributed by atoms with Crippen molar-refractivity contribution in [2.75, 3.05) is 7.11 Å². The number of benzene rings is 1. The summed E-state index contributed by atoms with van der Waals surface area (Å²) in [6.07, 6.45) is 5.71. The molecule has 5 atom stereocenters. The molecule has 1 N–H and O–H groups in total. The first-order valence-corrected chi connectivity index (χ1v) is 8.56. The zero-order chi connectivity index (χ0) is 15.2. The summed E-state index contributed by atoms with van der Waals surface area (Å²) in [7, 11) is 1.55. The standard InChI is InChI=1S/C19H25NO2/c1-22-18(21)19-9-14-7-15(10-19)17(16(8-14)11-19)20-12-13-5-3-2-4-6-13/h2-6,14-17,20H,7-12H2,1H3/t14-,15-,16+,17?,19?. The van der Waals surface area contributed by atoms with E-state index >= 15 is 0 Å². The minimum Gasteiger partial charge on any atom is -0.469 e.